The molecule has 158 valence electrons. The van der Waals surface area contributed by atoms with Crippen molar-refractivity contribution < 1.29 is 19.4 Å². The predicted molar refractivity (Wildman–Crippen MR) is 110 cm³/mol. The number of halogens is 1. The lowest BCUT2D eigenvalue weighted by molar-refractivity contribution is 0.0538. The summed E-state index contributed by atoms with van der Waals surface area (Å²) in [5.74, 6) is -1.01. The van der Waals surface area contributed by atoms with Crippen LogP contribution in [0.1, 0.15) is 57.9 Å². The third-order valence-electron chi connectivity index (χ3n) is 4.91. The normalized spacial score (nSPS) is 19.6. The minimum Gasteiger partial charge on any atom is -0.477 e. The lowest BCUT2D eigenvalue weighted by Crippen LogP contribution is -2.55. The number of thiazole rings is 1. The summed E-state index contributed by atoms with van der Waals surface area (Å²) >= 11 is 7.25. The number of piperidine rings is 1. The largest absolute Gasteiger partial charge is 0.477 e. The van der Waals surface area contributed by atoms with Crippen LogP contribution in [0.15, 0.2) is 0 Å². The van der Waals surface area contributed by atoms with Crippen molar-refractivity contribution in [1.29, 1.82) is 0 Å². The zero-order chi connectivity index (χ0) is 21.3. The highest BCUT2D eigenvalue weighted by Crippen LogP contribution is 2.29. The first-order valence-electron chi connectivity index (χ1n) is 9.26. The number of aromatic carboxylic acids is 1. The Labute approximate surface area is 177 Å². The lowest BCUT2D eigenvalue weighted by Gasteiger charge is -2.37. The van der Waals surface area contributed by atoms with Gasteiger partial charge in [-0.15, -0.1) is 0 Å². The molecular weight excluding hydrogens is 418 g/mol. The van der Waals surface area contributed by atoms with Crippen LogP contribution in [0.4, 0.5) is 5.13 Å². The highest BCUT2D eigenvalue weighted by atomic mass is 35.5. The fourth-order valence-corrected chi connectivity index (χ4v) is 4.59. The minimum absolute atomic E-state index is 0.129. The number of hydrogen-bond acceptors (Lipinski definition) is 7. The average Bonchev–Trinajstić information content (AvgIpc) is 3.25. The zero-order valence-electron chi connectivity index (χ0n) is 16.7. The van der Waals surface area contributed by atoms with Crippen LogP contribution in [0.25, 0.3) is 0 Å². The van der Waals surface area contributed by atoms with Crippen molar-refractivity contribution in [1.82, 2.24) is 20.3 Å². The van der Waals surface area contributed by atoms with E-state index in [2.05, 4.69) is 20.3 Å². The number of imidazole rings is 1. The molecule has 2 aromatic rings. The summed E-state index contributed by atoms with van der Waals surface area (Å²) in [6, 6.07) is -0.213. The van der Waals surface area contributed by atoms with Crippen molar-refractivity contribution in [3.8, 4) is 0 Å². The second-order valence-electron chi connectivity index (χ2n) is 7.25. The number of aryl methyl sites for hydroxylation is 1. The SMILES string of the molecule is CO[C@H]1CN(c2nc(C)c(C(=O)O)s2)CC[C@H]1NC(=O)c1nc(Cl)c(C(C)C)[nH]1. The number of carbonyl (C=O) groups is 2. The maximum Gasteiger partial charge on any atom is 0.347 e. The first kappa shape index (κ1) is 21.5. The Morgan fingerprint density at radius 2 is 2.14 bits per heavy atom. The van der Waals surface area contributed by atoms with Crippen LogP contribution < -0.4 is 10.2 Å². The molecule has 11 heteroatoms. The molecule has 9 nitrogen and oxygen atoms in total. The van der Waals surface area contributed by atoms with E-state index in [1.807, 2.05) is 18.7 Å². The number of carbonyl (C=O) groups excluding carboxylic acids is 1. The quantitative estimate of drug-likeness (QED) is 0.630. The second kappa shape index (κ2) is 8.68. The Balaban J connectivity index is 1.68. The van der Waals surface area contributed by atoms with Crippen LogP contribution in [-0.4, -0.2) is 64.3 Å². The second-order valence-corrected chi connectivity index (χ2v) is 8.59. The molecule has 3 N–H and O–H groups in total. The first-order chi connectivity index (χ1) is 13.7. The number of aromatic nitrogens is 3. The molecule has 1 saturated heterocycles. The van der Waals surface area contributed by atoms with Gasteiger partial charge in [-0.1, -0.05) is 36.8 Å². The fraction of sp³-hybridized carbons (Fsp3) is 0.556. The van der Waals surface area contributed by atoms with E-state index < -0.39 is 5.97 Å². The predicted octanol–water partition coefficient (Wildman–Crippen LogP) is 2.67. The topological polar surface area (TPSA) is 120 Å². The molecule has 3 heterocycles. The molecule has 1 amide bonds. The molecule has 29 heavy (non-hydrogen) atoms. The van der Waals surface area contributed by atoms with Crippen LogP contribution in [0.3, 0.4) is 0 Å². The molecule has 0 saturated carbocycles. The van der Waals surface area contributed by atoms with Crippen molar-refractivity contribution in [3.63, 3.8) is 0 Å². The van der Waals surface area contributed by atoms with E-state index >= 15 is 0 Å². The van der Waals surface area contributed by atoms with Gasteiger partial charge in [0.2, 0.25) is 0 Å². The summed E-state index contributed by atoms with van der Waals surface area (Å²) in [6.45, 7) is 6.72. The van der Waals surface area contributed by atoms with Gasteiger partial charge in [-0.3, -0.25) is 4.79 Å². The van der Waals surface area contributed by atoms with Crippen molar-refractivity contribution >= 4 is 39.9 Å². The first-order valence-corrected chi connectivity index (χ1v) is 10.4. The summed E-state index contributed by atoms with van der Waals surface area (Å²) in [6.07, 6.45) is 0.344. The molecule has 3 rings (SSSR count). The molecule has 0 radical (unpaired) electrons. The van der Waals surface area contributed by atoms with Gasteiger partial charge in [0.05, 0.1) is 23.5 Å². The van der Waals surface area contributed by atoms with Gasteiger partial charge in [-0.25, -0.2) is 14.8 Å². The highest BCUT2D eigenvalue weighted by Gasteiger charge is 2.33. The molecule has 2 aromatic heterocycles. The number of nitrogens with one attached hydrogen (secondary N) is 2. The van der Waals surface area contributed by atoms with Gasteiger partial charge in [-0.2, -0.15) is 0 Å². The Morgan fingerprint density at radius 1 is 1.41 bits per heavy atom. The van der Waals surface area contributed by atoms with Gasteiger partial charge >= 0.3 is 5.97 Å². The standard InChI is InChI=1S/C18H24ClN5O4S/c1-8(2)12-14(19)23-15(22-12)16(25)21-10-5-6-24(7-11(10)28-4)18-20-9(3)13(29-18)17(26)27/h8,10-11H,5-7H2,1-4H3,(H,21,25)(H,22,23)(H,26,27)/t10-,11+/m1/s1. The van der Waals surface area contributed by atoms with Gasteiger partial charge in [0.15, 0.2) is 16.1 Å². The Bertz CT molecular complexity index is 912. The number of nitrogens with zero attached hydrogens (tertiary/aromatic N) is 3. The molecule has 0 aromatic carbocycles. The lowest BCUT2D eigenvalue weighted by atomic mass is 10.0. The number of rotatable bonds is 6. The van der Waals surface area contributed by atoms with E-state index in [1.165, 1.54) is 0 Å². The van der Waals surface area contributed by atoms with Crippen LogP contribution >= 0.6 is 22.9 Å². The van der Waals surface area contributed by atoms with E-state index in [1.54, 1.807) is 14.0 Å². The van der Waals surface area contributed by atoms with E-state index in [0.717, 1.165) is 17.0 Å². The van der Waals surface area contributed by atoms with Crippen molar-refractivity contribution in [2.24, 2.45) is 0 Å². The van der Waals surface area contributed by atoms with Crippen LogP contribution in [0.5, 0.6) is 0 Å². The van der Waals surface area contributed by atoms with Gasteiger partial charge < -0.3 is 25.0 Å². The highest BCUT2D eigenvalue weighted by molar-refractivity contribution is 7.17. The third kappa shape index (κ3) is 4.54. The maximum atomic E-state index is 12.6. The molecule has 2 atom stereocenters. The van der Waals surface area contributed by atoms with Gasteiger partial charge in [0.25, 0.3) is 5.91 Å². The number of anilines is 1. The molecule has 0 bridgehead atoms. The summed E-state index contributed by atoms with van der Waals surface area (Å²) in [4.78, 5) is 37.6. The monoisotopic (exact) mass is 441 g/mol. The molecule has 1 fully saturated rings. The number of H-pyrrole nitrogens is 1. The number of carboxylic acids is 1. The Kier molecular flexibility index (Phi) is 6.45. The summed E-state index contributed by atoms with van der Waals surface area (Å²) in [7, 11) is 1.59. The third-order valence-corrected chi connectivity index (χ3v) is 6.40. The average molecular weight is 442 g/mol. The Morgan fingerprint density at radius 3 is 2.69 bits per heavy atom. The van der Waals surface area contributed by atoms with E-state index in [9.17, 15) is 14.7 Å². The van der Waals surface area contributed by atoms with E-state index in [-0.39, 0.29) is 34.7 Å². The summed E-state index contributed by atoms with van der Waals surface area (Å²) < 4.78 is 5.59. The van der Waals surface area contributed by atoms with Crippen molar-refractivity contribution in [3.05, 3.63) is 27.2 Å². The number of aromatic amines is 1. The van der Waals surface area contributed by atoms with Gasteiger partial charge in [0, 0.05) is 20.2 Å². The number of amides is 1. The molecule has 0 aliphatic carbocycles. The van der Waals surface area contributed by atoms with Crippen LogP contribution in [0.2, 0.25) is 5.15 Å². The Hall–Kier alpha value is -2.17. The molecule has 1 aliphatic heterocycles. The summed E-state index contributed by atoms with van der Waals surface area (Å²) in [5, 5.41) is 13.2. The number of ether oxygens (including phenoxy) is 1. The van der Waals surface area contributed by atoms with Crippen molar-refractivity contribution in [2.75, 3.05) is 25.1 Å². The van der Waals surface area contributed by atoms with Gasteiger partial charge in [-0.05, 0) is 19.3 Å². The van der Waals surface area contributed by atoms with Crippen LogP contribution in [-0.2, 0) is 4.74 Å². The minimum atomic E-state index is -0.977. The fourth-order valence-electron chi connectivity index (χ4n) is 3.30. The summed E-state index contributed by atoms with van der Waals surface area (Å²) in [5.41, 5.74) is 1.22. The number of carboxylic acid groups (broad SMARTS) is 1. The number of hydrogen-bond donors (Lipinski definition) is 3. The van der Waals surface area contributed by atoms with Crippen molar-refractivity contribution in [2.45, 2.75) is 45.3 Å². The maximum absolute atomic E-state index is 12.6. The smallest absolute Gasteiger partial charge is 0.347 e. The van der Waals surface area contributed by atoms with E-state index in [4.69, 9.17) is 16.3 Å². The van der Waals surface area contributed by atoms with Gasteiger partial charge in [0.1, 0.15) is 4.88 Å². The van der Waals surface area contributed by atoms with E-state index in [0.29, 0.717) is 35.5 Å². The molecule has 0 unspecified atom stereocenters. The molecular formula is C18H24ClN5O4S. The van der Waals surface area contributed by atoms with Crippen LogP contribution in [0, 0.1) is 6.92 Å². The number of methoxy groups -OCH3 is 1. The molecule has 0 spiro atoms. The molecule has 1 aliphatic rings. The zero-order valence-corrected chi connectivity index (χ0v) is 18.2.